The van der Waals surface area contributed by atoms with E-state index >= 15 is 0 Å². The Morgan fingerprint density at radius 3 is 2.76 bits per heavy atom. The molecule has 21 heavy (non-hydrogen) atoms. The molecule has 110 valence electrons. The standard InChI is InChI=1S/C15H16N2O3S/c1-10-8-13(18)17-15(16-10)21-11(2)14(19)20-9-12-6-4-3-5-7-12/h3-8,11H,9H2,1-2H3,(H,16,17,18). The molecule has 0 saturated heterocycles. The highest BCUT2D eigenvalue weighted by Gasteiger charge is 2.17. The SMILES string of the molecule is Cc1cc(=O)[nH]c(SC(C)C(=O)OCc2ccccc2)n1. The Bertz CT molecular complexity index is 670. The molecule has 0 spiro atoms. The Hall–Kier alpha value is -2.08. The Morgan fingerprint density at radius 2 is 2.10 bits per heavy atom. The molecule has 1 aromatic heterocycles. The van der Waals surface area contributed by atoms with Crippen LogP contribution in [0.3, 0.4) is 0 Å². The van der Waals surface area contributed by atoms with Gasteiger partial charge in [0.25, 0.3) is 5.56 Å². The van der Waals surface area contributed by atoms with Crippen molar-refractivity contribution in [2.45, 2.75) is 30.9 Å². The zero-order valence-electron chi connectivity index (χ0n) is 11.8. The molecular formula is C15H16N2O3S. The second-order valence-corrected chi connectivity index (χ2v) is 5.87. The van der Waals surface area contributed by atoms with Gasteiger partial charge in [-0.25, -0.2) is 4.98 Å². The predicted octanol–water partition coefficient (Wildman–Crippen LogP) is 2.30. The van der Waals surface area contributed by atoms with Gasteiger partial charge in [-0.05, 0) is 19.4 Å². The van der Waals surface area contributed by atoms with Gasteiger partial charge in [0.05, 0.1) is 0 Å². The maximum Gasteiger partial charge on any atom is 0.319 e. The van der Waals surface area contributed by atoms with Gasteiger partial charge < -0.3 is 9.72 Å². The Morgan fingerprint density at radius 1 is 1.38 bits per heavy atom. The lowest BCUT2D eigenvalue weighted by Crippen LogP contribution is -2.18. The molecule has 2 aromatic rings. The Balaban J connectivity index is 1.92. The smallest absolute Gasteiger partial charge is 0.319 e. The molecule has 6 heteroatoms. The number of thioether (sulfide) groups is 1. The number of nitrogens with one attached hydrogen (secondary N) is 1. The van der Waals surface area contributed by atoms with E-state index in [1.54, 1.807) is 13.8 Å². The molecule has 5 nitrogen and oxygen atoms in total. The number of aromatic nitrogens is 2. The maximum absolute atomic E-state index is 11.9. The quantitative estimate of drug-likeness (QED) is 0.521. The van der Waals surface area contributed by atoms with Crippen molar-refractivity contribution in [2.75, 3.05) is 0 Å². The molecule has 0 aliphatic heterocycles. The lowest BCUT2D eigenvalue weighted by molar-refractivity contribution is -0.143. The topological polar surface area (TPSA) is 72.0 Å². The van der Waals surface area contributed by atoms with Gasteiger partial charge in [-0.1, -0.05) is 42.1 Å². The summed E-state index contributed by atoms with van der Waals surface area (Å²) >= 11 is 1.17. The minimum atomic E-state index is -0.446. The van der Waals surface area contributed by atoms with Gasteiger partial charge in [0, 0.05) is 11.8 Å². The first-order valence-electron chi connectivity index (χ1n) is 6.50. The molecule has 0 aliphatic rings. The third-order valence-electron chi connectivity index (χ3n) is 2.69. The summed E-state index contributed by atoms with van der Waals surface area (Å²) in [4.78, 5) is 30.0. The van der Waals surface area contributed by atoms with Crippen molar-refractivity contribution in [3.63, 3.8) is 0 Å². The third-order valence-corrected chi connectivity index (χ3v) is 3.65. The number of hydrogen-bond acceptors (Lipinski definition) is 5. The van der Waals surface area contributed by atoms with Crippen LogP contribution in [0.25, 0.3) is 0 Å². The summed E-state index contributed by atoms with van der Waals surface area (Å²) in [5.41, 5.74) is 1.33. The number of benzene rings is 1. The lowest BCUT2D eigenvalue weighted by atomic mass is 10.2. The van der Waals surface area contributed by atoms with Crippen molar-refractivity contribution in [2.24, 2.45) is 0 Å². The summed E-state index contributed by atoms with van der Waals surface area (Å²) in [6.45, 7) is 3.69. The van der Waals surface area contributed by atoms with Crippen LogP contribution < -0.4 is 5.56 Å². The lowest BCUT2D eigenvalue weighted by Gasteiger charge is -2.10. The molecule has 0 radical (unpaired) electrons. The van der Waals surface area contributed by atoms with Crippen molar-refractivity contribution >= 4 is 17.7 Å². The number of carbonyl (C=O) groups is 1. The average Bonchev–Trinajstić information content (AvgIpc) is 2.44. The van der Waals surface area contributed by atoms with E-state index in [1.807, 2.05) is 30.3 Å². The van der Waals surface area contributed by atoms with E-state index in [0.29, 0.717) is 10.9 Å². The Labute approximate surface area is 126 Å². The number of aromatic amines is 1. The number of ether oxygens (including phenoxy) is 1. The Kier molecular flexibility index (Phi) is 5.16. The highest BCUT2D eigenvalue weighted by atomic mass is 32.2. The van der Waals surface area contributed by atoms with Crippen LogP contribution in [0.15, 0.2) is 46.3 Å². The third kappa shape index (κ3) is 4.75. The normalized spacial score (nSPS) is 11.9. The summed E-state index contributed by atoms with van der Waals surface area (Å²) in [6.07, 6.45) is 0. The molecule has 1 atom stereocenters. The van der Waals surface area contributed by atoms with E-state index in [-0.39, 0.29) is 18.1 Å². The summed E-state index contributed by atoms with van der Waals surface area (Å²) in [5.74, 6) is -0.340. The van der Waals surface area contributed by atoms with Gasteiger partial charge in [0.2, 0.25) is 0 Å². The summed E-state index contributed by atoms with van der Waals surface area (Å²) in [5, 5.41) is -0.0252. The largest absolute Gasteiger partial charge is 0.460 e. The molecule has 0 saturated carbocycles. The van der Waals surface area contributed by atoms with Crippen LogP contribution in [0.4, 0.5) is 0 Å². The van der Waals surface area contributed by atoms with E-state index < -0.39 is 5.25 Å². The van der Waals surface area contributed by atoms with Crippen LogP contribution in [-0.2, 0) is 16.1 Å². The van der Waals surface area contributed by atoms with Crippen LogP contribution in [0.5, 0.6) is 0 Å². The number of carbonyl (C=O) groups excluding carboxylic acids is 1. The summed E-state index contributed by atoms with van der Waals surface area (Å²) in [7, 11) is 0. The van der Waals surface area contributed by atoms with Crippen molar-refractivity contribution in [3.8, 4) is 0 Å². The van der Waals surface area contributed by atoms with E-state index in [1.165, 1.54) is 17.8 Å². The highest BCUT2D eigenvalue weighted by molar-refractivity contribution is 8.00. The first-order valence-corrected chi connectivity index (χ1v) is 7.38. The van der Waals surface area contributed by atoms with E-state index in [0.717, 1.165) is 5.56 Å². The molecule has 0 bridgehead atoms. The molecule has 1 heterocycles. The van der Waals surface area contributed by atoms with Gasteiger partial charge in [-0.3, -0.25) is 9.59 Å². The van der Waals surface area contributed by atoms with E-state index in [2.05, 4.69) is 9.97 Å². The van der Waals surface area contributed by atoms with Gasteiger partial charge >= 0.3 is 5.97 Å². The second-order valence-electron chi connectivity index (χ2n) is 4.55. The molecular weight excluding hydrogens is 288 g/mol. The van der Waals surface area contributed by atoms with Crippen molar-refractivity contribution in [3.05, 3.63) is 58.0 Å². The van der Waals surface area contributed by atoms with E-state index in [9.17, 15) is 9.59 Å². The van der Waals surface area contributed by atoms with Crippen LogP contribution in [0.1, 0.15) is 18.2 Å². The number of rotatable bonds is 5. The molecule has 0 aliphatic carbocycles. The molecule has 0 amide bonds. The summed E-state index contributed by atoms with van der Waals surface area (Å²) < 4.78 is 5.24. The fourth-order valence-corrected chi connectivity index (χ4v) is 2.52. The van der Waals surface area contributed by atoms with Crippen LogP contribution >= 0.6 is 11.8 Å². The number of H-pyrrole nitrogens is 1. The van der Waals surface area contributed by atoms with Gasteiger partial charge in [0.1, 0.15) is 11.9 Å². The zero-order chi connectivity index (χ0) is 15.2. The minimum Gasteiger partial charge on any atom is -0.460 e. The minimum absolute atomic E-state index is 0.227. The summed E-state index contributed by atoms with van der Waals surface area (Å²) in [6, 6.07) is 10.9. The molecule has 1 N–H and O–H groups in total. The van der Waals surface area contributed by atoms with Crippen molar-refractivity contribution in [1.29, 1.82) is 0 Å². The first kappa shape index (κ1) is 15.3. The van der Waals surface area contributed by atoms with Crippen molar-refractivity contribution in [1.82, 2.24) is 9.97 Å². The molecule has 1 unspecified atom stereocenters. The highest BCUT2D eigenvalue weighted by Crippen LogP contribution is 2.19. The van der Waals surface area contributed by atoms with Gasteiger partial charge in [-0.2, -0.15) is 0 Å². The average molecular weight is 304 g/mol. The molecule has 0 fully saturated rings. The van der Waals surface area contributed by atoms with Crippen LogP contribution in [-0.4, -0.2) is 21.2 Å². The first-order chi connectivity index (χ1) is 10.0. The monoisotopic (exact) mass is 304 g/mol. The molecule has 1 aromatic carbocycles. The second kappa shape index (κ2) is 7.08. The van der Waals surface area contributed by atoms with E-state index in [4.69, 9.17) is 4.74 Å². The van der Waals surface area contributed by atoms with Gasteiger partial charge in [-0.15, -0.1) is 0 Å². The number of aryl methyl sites for hydroxylation is 1. The number of hydrogen-bond donors (Lipinski definition) is 1. The predicted molar refractivity (Wildman–Crippen MR) is 81.2 cm³/mol. The van der Waals surface area contributed by atoms with Crippen LogP contribution in [0.2, 0.25) is 0 Å². The number of esters is 1. The maximum atomic E-state index is 11.9. The fraction of sp³-hybridized carbons (Fsp3) is 0.267. The molecule has 2 rings (SSSR count). The fourth-order valence-electron chi connectivity index (χ4n) is 1.67. The van der Waals surface area contributed by atoms with Gasteiger partial charge in [0.15, 0.2) is 5.16 Å². The number of nitrogens with zero attached hydrogens (tertiary/aromatic N) is 1. The zero-order valence-corrected chi connectivity index (χ0v) is 12.6. The van der Waals surface area contributed by atoms with Crippen molar-refractivity contribution < 1.29 is 9.53 Å². The van der Waals surface area contributed by atoms with Crippen LogP contribution in [0, 0.1) is 6.92 Å².